The van der Waals surface area contributed by atoms with Crippen LogP contribution in [0.5, 0.6) is 11.5 Å². The summed E-state index contributed by atoms with van der Waals surface area (Å²) in [6.07, 6.45) is 0. The predicted molar refractivity (Wildman–Crippen MR) is 120 cm³/mol. The Hall–Kier alpha value is -3.51. The van der Waals surface area contributed by atoms with Gasteiger partial charge in [0.05, 0.1) is 12.1 Å². The van der Waals surface area contributed by atoms with Gasteiger partial charge < -0.3 is 20.1 Å². The lowest BCUT2D eigenvalue weighted by molar-refractivity contribution is 0.0773. The molecule has 0 unspecified atom stereocenters. The molecule has 3 rings (SSSR count). The number of hydrogen-bond acceptors (Lipinski definition) is 4. The lowest BCUT2D eigenvalue weighted by atomic mass is 10.1. The van der Waals surface area contributed by atoms with Crippen molar-refractivity contribution in [1.82, 2.24) is 4.90 Å². The molecule has 160 valence electrons. The molecule has 0 aliphatic carbocycles. The molecule has 6 nitrogen and oxygen atoms in total. The van der Waals surface area contributed by atoms with Gasteiger partial charge in [-0.3, -0.25) is 9.59 Å². The van der Waals surface area contributed by atoms with E-state index in [1.54, 1.807) is 66.5 Å². The Labute approximate surface area is 186 Å². The van der Waals surface area contributed by atoms with Crippen molar-refractivity contribution in [3.63, 3.8) is 0 Å². The van der Waals surface area contributed by atoms with Crippen LogP contribution in [0.1, 0.15) is 26.3 Å². The molecule has 3 aromatic rings. The second-order valence-corrected chi connectivity index (χ2v) is 7.32. The third kappa shape index (κ3) is 6.23. The lowest BCUT2D eigenvalue weighted by Crippen LogP contribution is -2.31. The molecule has 2 N–H and O–H groups in total. The summed E-state index contributed by atoms with van der Waals surface area (Å²) in [5.74, 6) is 0.376. The van der Waals surface area contributed by atoms with E-state index >= 15 is 0 Å². The maximum atomic E-state index is 12.8. The average molecular weight is 439 g/mol. The van der Waals surface area contributed by atoms with Gasteiger partial charge in [-0.05, 0) is 48.0 Å². The third-order valence-corrected chi connectivity index (χ3v) is 4.79. The highest BCUT2D eigenvalue weighted by Gasteiger charge is 2.13. The normalized spacial score (nSPS) is 10.4. The topological polar surface area (TPSA) is 81.9 Å². The molecule has 0 bridgehead atoms. The molecule has 7 heteroatoms. The van der Waals surface area contributed by atoms with Gasteiger partial charge in [0.1, 0.15) is 24.7 Å². The Morgan fingerprint density at radius 1 is 0.968 bits per heavy atom. The Kier molecular flexibility index (Phi) is 7.51. The van der Waals surface area contributed by atoms with Gasteiger partial charge in [-0.1, -0.05) is 41.9 Å². The number of carbonyl (C=O) groups excluding carboxylic acids is 2. The van der Waals surface area contributed by atoms with Crippen molar-refractivity contribution in [2.75, 3.05) is 20.2 Å². The van der Waals surface area contributed by atoms with Crippen molar-refractivity contribution in [1.29, 1.82) is 0 Å². The number of primary amides is 1. The molecule has 2 amide bonds. The number of amides is 2. The van der Waals surface area contributed by atoms with Gasteiger partial charge in [0, 0.05) is 17.6 Å². The summed E-state index contributed by atoms with van der Waals surface area (Å²) in [5, 5.41) is 0.597. The first-order valence-electron chi connectivity index (χ1n) is 9.68. The summed E-state index contributed by atoms with van der Waals surface area (Å²) in [6.45, 7) is 0.959. The minimum absolute atomic E-state index is 0.130. The zero-order valence-corrected chi connectivity index (χ0v) is 17.8. The molecule has 31 heavy (non-hydrogen) atoms. The molecule has 0 heterocycles. The van der Waals surface area contributed by atoms with Crippen LogP contribution < -0.4 is 15.2 Å². The van der Waals surface area contributed by atoms with Gasteiger partial charge >= 0.3 is 0 Å². The summed E-state index contributed by atoms with van der Waals surface area (Å²) in [7, 11) is 1.72. The standard InChI is InChI=1S/C24H23ClN2O4/c1-27(12-13-30-20-9-5-8-19(25)15-20)24(29)18-7-4-6-17(14-18)16-31-22-11-3-2-10-21(22)23(26)28/h2-11,14-15H,12-13,16H2,1H3,(H2,26,28). The van der Waals surface area contributed by atoms with E-state index in [0.29, 0.717) is 40.8 Å². The first-order chi connectivity index (χ1) is 14.9. The minimum atomic E-state index is -0.554. The average Bonchev–Trinajstić information content (AvgIpc) is 2.77. The molecular weight excluding hydrogens is 416 g/mol. The first-order valence-corrected chi connectivity index (χ1v) is 10.1. The molecule has 0 radical (unpaired) electrons. The molecular formula is C24H23ClN2O4. The maximum Gasteiger partial charge on any atom is 0.253 e. The fourth-order valence-corrected chi connectivity index (χ4v) is 3.11. The summed E-state index contributed by atoms with van der Waals surface area (Å²) in [5.41, 5.74) is 7.03. The van der Waals surface area contributed by atoms with Crippen LogP contribution in [0.3, 0.4) is 0 Å². The molecule has 0 atom stereocenters. The largest absolute Gasteiger partial charge is 0.492 e. The van der Waals surface area contributed by atoms with E-state index in [0.717, 1.165) is 5.56 Å². The van der Waals surface area contributed by atoms with Crippen LogP contribution >= 0.6 is 11.6 Å². The summed E-state index contributed by atoms with van der Waals surface area (Å²) < 4.78 is 11.4. The van der Waals surface area contributed by atoms with Crippen molar-refractivity contribution >= 4 is 23.4 Å². The second kappa shape index (κ2) is 10.5. The zero-order chi connectivity index (χ0) is 22.2. The van der Waals surface area contributed by atoms with E-state index in [9.17, 15) is 9.59 Å². The Morgan fingerprint density at radius 2 is 1.74 bits per heavy atom. The Morgan fingerprint density at radius 3 is 2.52 bits per heavy atom. The molecule has 0 aliphatic rings. The van der Waals surface area contributed by atoms with Crippen molar-refractivity contribution in [2.45, 2.75) is 6.61 Å². The van der Waals surface area contributed by atoms with Crippen LogP contribution in [0.15, 0.2) is 72.8 Å². The van der Waals surface area contributed by atoms with Crippen LogP contribution in [0, 0.1) is 0 Å². The van der Waals surface area contributed by atoms with Crippen molar-refractivity contribution in [2.24, 2.45) is 5.73 Å². The first kappa shape index (κ1) is 22.2. The number of nitrogens with zero attached hydrogens (tertiary/aromatic N) is 1. The van der Waals surface area contributed by atoms with E-state index in [1.807, 2.05) is 18.2 Å². The highest BCUT2D eigenvalue weighted by molar-refractivity contribution is 6.30. The molecule has 0 fully saturated rings. The monoisotopic (exact) mass is 438 g/mol. The van der Waals surface area contributed by atoms with Gasteiger partial charge in [-0.15, -0.1) is 0 Å². The van der Waals surface area contributed by atoms with Gasteiger partial charge in [0.25, 0.3) is 11.8 Å². The van der Waals surface area contributed by atoms with E-state index in [-0.39, 0.29) is 12.5 Å². The van der Waals surface area contributed by atoms with E-state index < -0.39 is 5.91 Å². The zero-order valence-electron chi connectivity index (χ0n) is 17.1. The van der Waals surface area contributed by atoms with Crippen LogP contribution in [0.2, 0.25) is 5.02 Å². The van der Waals surface area contributed by atoms with Crippen LogP contribution in [0.4, 0.5) is 0 Å². The Balaban J connectivity index is 1.57. The van der Waals surface area contributed by atoms with Crippen molar-refractivity contribution in [3.05, 3.63) is 94.5 Å². The maximum absolute atomic E-state index is 12.8. The van der Waals surface area contributed by atoms with E-state index in [4.69, 9.17) is 26.8 Å². The van der Waals surface area contributed by atoms with Gasteiger partial charge in [0.15, 0.2) is 0 Å². The SMILES string of the molecule is CN(CCOc1cccc(Cl)c1)C(=O)c1cccc(COc2ccccc2C(N)=O)c1. The van der Waals surface area contributed by atoms with Gasteiger partial charge in [0.2, 0.25) is 0 Å². The van der Waals surface area contributed by atoms with Crippen molar-refractivity contribution in [3.8, 4) is 11.5 Å². The molecule has 0 saturated heterocycles. The number of rotatable bonds is 9. The molecule has 0 saturated carbocycles. The fraction of sp³-hybridized carbons (Fsp3) is 0.167. The predicted octanol–water partition coefficient (Wildman–Crippen LogP) is 4.17. The van der Waals surface area contributed by atoms with Gasteiger partial charge in [-0.25, -0.2) is 0 Å². The number of carbonyl (C=O) groups is 2. The molecule has 0 aliphatic heterocycles. The Bertz CT molecular complexity index is 1070. The van der Waals surface area contributed by atoms with Crippen LogP contribution in [0.25, 0.3) is 0 Å². The van der Waals surface area contributed by atoms with Crippen molar-refractivity contribution < 1.29 is 19.1 Å². The smallest absolute Gasteiger partial charge is 0.253 e. The molecule has 0 spiro atoms. The summed E-state index contributed by atoms with van der Waals surface area (Å²) in [4.78, 5) is 25.9. The van der Waals surface area contributed by atoms with Crippen LogP contribution in [-0.2, 0) is 6.61 Å². The number of nitrogens with two attached hydrogens (primary N) is 1. The second-order valence-electron chi connectivity index (χ2n) is 6.88. The highest BCUT2D eigenvalue weighted by atomic mass is 35.5. The fourth-order valence-electron chi connectivity index (χ4n) is 2.93. The third-order valence-electron chi connectivity index (χ3n) is 4.56. The highest BCUT2D eigenvalue weighted by Crippen LogP contribution is 2.20. The molecule has 0 aromatic heterocycles. The quantitative estimate of drug-likeness (QED) is 0.543. The van der Waals surface area contributed by atoms with Gasteiger partial charge in [-0.2, -0.15) is 0 Å². The number of para-hydroxylation sites is 1. The number of hydrogen-bond donors (Lipinski definition) is 1. The molecule has 3 aromatic carbocycles. The number of ether oxygens (including phenoxy) is 2. The number of likely N-dealkylation sites (N-methyl/N-ethyl adjacent to an activating group) is 1. The minimum Gasteiger partial charge on any atom is -0.492 e. The summed E-state index contributed by atoms with van der Waals surface area (Å²) >= 11 is 5.94. The number of benzene rings is 3. The van der Waals surface area contributed by atoms with Crippen LogP contribution in [-0.4, -0.2) is 36.9 Å². The number of halogens is 1. The summed E-state index contributed by atoms with van der Waals surface area (Å²) in [6, 6.07) is 21.1. The van der Waals surface area contributed by atoms with E-state index in [1.165, 1.54) is 0 Å². The van der Waals surface area contributed by atoms with E-state index in [2.05, 4.69) is 0 Å². The lowest BCUT2D eigenvalue weighted by Gasteiger charge is -2.18.